The summed E-state index contributed by atoms with van der Waals surface area (Å²) in [5.41, 5.74) is 4.36. The zero-order chi connectivity index (χ0) is 17.1. The molecule has 3 aromatic rings. The Labute approximate surface area is 152 Å². The number of amides is 1. The molecule has 24 heavy (non-hydrogen) atoms. The van der Waals surface area contributed by atoms with Crippen molar-refractivity contribution in [1.82, 2.24) is 15.2 Å². The third-order valence-corrected chi connectivity index (χ3v) is 5.98. The van der Waals surface area contributed by atoms with E-state index in [-0.39, 0.29) is 5.91 Å². The Hall–Kier alpha value is -1.77. The summed E-state index contributed by atoms with van der Waals surface area (Å²) in [6.07, 6.45) is 0. The smallest absolute Gasteiger partial charge is 0.236 e. The summed E-state index contributed by atoms with van der Waals surface area (Å²) in [6.45, 7) is 6.02. The van der Waals surface area contributed by atoms with Gasteiger partial charge in [-0.05, 0) is 32.4 Å². The summed E-state index contributed by atoms with van der Waals surface area (Å²) in [5, 5.41) is 14.3. The molecule has 0 aliphatic rings. The predicted molar refractivity (Wildman–Crippen MR) is 101 cm³/mol. The molecule has 5 nitrogen and oxygen atoms in total. The lowest BCUT2D eigenvalue weighted by Crippen LogP contribution is -2.13. The molecule has 8 heteroatoms. The fourth-order valence-electron chi connectivity index (χ4n) is 2.09. The predicted octanol–water partition coefficient (Wildman–Crippen LogP) is 4.32. The molecule has 124 valence electrons. The van der Waals surface area contributed by atoms with Gasteiger partial charge in [-0.1, -0.05) is 40.8 Å². The Bertz CT molecular complexity index is 872. The van der Waals surface area contributed by atoms with Crippen LogP contribution in [0.3, 0.4) is 0 Å². The maximum atomic E-state index is 12.1. The Balaban J connectivity index is 1.63. The monoisotopic (exact) mass is 376 g/mol. The second-order valence-corrected chi connectivity index (χ2v) is 8.54. The first-order valence-corrected chi connectivity index (χ1v) is 9.95. The summed E-state index contributed by atoms with van der Waals surface area (Å²) in [5.74, 6) is 0.210. The van der Waals surface area contributed by atoms with Crippen molar-refractivity contribution < 1.29 is 4.79 Å². The van der Waals surface area contributed by atoms with Crippen molar-refractivity contribution in [2.45, 2.75) is 25.1 Å². The number of hydrogen-bond donors (Lipinski definition) is 1. The van der Waals surface area contributed by atoms with Crippen LogP contribution in [0, 0.1) is 20.8 Å². The van der Waals surface area contributed by atoms with E-state index in [0.29, 0.717) is 10.9 Å². The quantitative estimate of drug-likeness (QED) is 0.672. The summed E-state index contributed by atoms with van der Waals surface area (Å²) in [7, 11) is 0. The van der Waals surface area contributed by atoms with E-state index >= 15 is 0 Å². The summed E-state index contributed by atoms with van der Waals surface area (Å²) in [6, 6.07) is 6.28. The first-order valence-electron chi connectivity index (χ1n) is 7.27. The number of thiazole rings is 1. The average molecular weight is 377 g/mol. The lowest BCUT2D eigenvalue weighted by Gasteiger charge is -2.04. The Morgan fingerprint density at radius 3 is 2.83 bits per heavy atom. The first kappa shape index (κ1) is 17.1. The van der Waals surface area contributed by atoms with Gasteiger partial charge < -0.3 is 5.32 Å². The second-order valence-electron chi connectivity index (χ2n) is 5.28. The average Bonchev–Trinajstić information content (AvgIpc) is 3.17. The molecule has 0 aliphatic carbocycles. The molecule has 1 amide bonds. The van der Waals surface area contributed by atoms with Crippen molar-refractivity contribution in [3.05, 3.63) is 39.7 Å². The lowest BCUT2D eigenvalue weighted by molar-refractivity contribution is -0.113. The third-order valence-electron chi connectivity index (χ3n) is 3.25. The summed E-state index contributed by atoms with van der Waals surface area (Å²) < 4.78 is 0.804. The van der Waals surface area contributed by atoms with E-state index in [0.717, 1.165) is 20.6 Å². The van der Waals surface area contributed by atoms with Gasteiger partial charge in [-0.2, -0.15) is 0 Å². The van der Waals surface area contributed by atoms with Gasteiger partial charge in [-0.25, -0.2) is 4.98 Å². The van der Waals surface area contributed by atoms with E-state index in [1.165, 1.54) is 45.6 Å². The number of aromatic nitrogens is 3. The number of anilines is 1. The molecular formula is C16H16N4OS3. The van der Waals surface area contributed by atoms with Crippen LogP contribution in [-0.2, 0) is 4.79 Å². The molecule has 0 radical (unpaired) electrons. The SMILES string of the molecule is Cc1ccc(C)c(-c2csc(NC(=O)CSc3nnc(C)s3)n2)c1. The Morgan fingerprint density at radius 2 is 2.08 bits per heavy atom. The molecule has 0 saturated heterocycles. The number of rotatable bonds is 5. The van der Waals surface area contributed by atoms with Crippen molar-refractivity contribution in [1.29, 1.82) is 0 Å². The van der Waals surface area contributed by atoms with Crippen molar-refractivity contribution in [2.75, 3.05) is 11.1 Å². The molecule has 0 atom stereocenters. The van der Waals surface area contributed by atoms with Crippen LogP contribution in [0.5, 0.6) is 0 Å². The van der Waals surface area contributed by atoms with Crippen LogP contribution < -0.4 is 5.32 Å². The molecule has 0 fully saturated rings. The number of aryl methyl sites for hydroxylation is 3. The molecule has 0 unspecified atom stereocenters. The number of nitrogens with zero attached hydrogens (tertiary/aromatic N) is 3. The minimum absolute atomic E-state index is 0.0882. The van der Waals surface area contributed by atoms with E-state index in [1.807, 2.05) is 12.3 Å². The van der Waals surface area contributed by atoms with Gasteiger partial charge in [-0.3, -0.25) is 4.79 Å². The van der Waals surface area contributed by atoms with Gasteiger partial charge in [0.15, 0.2) is 9.47 Å². The van der Waals surface area contributed by atoms with E-state index in [4.69, 9.17) is 0 Å². The highest BCUT2D eigenvalue weighted by molar-refractivity contribution is 8.01. The summed E-state index contributed by atoms with van der Waals surface area (Å²) in [4.78, 5) is 16.6. The van der Waals surface area contributed by atoms with Gasteiger partial charge in [0.2, 0.25) is 5.91 Å². The molecule has 3 rings (SSSR count). The molecule has 0 spiro atoms. The van der Waals surface area contributed by atoms with Gasteiger partial charge in [0.25, 0.3) is 0 Å². The van der Waals surface area contributed by atoms with Gasteiger partial charge in [-0.15, -0.1) is 21.5 Å². The second kappa shape index (κ2) is 7.42. The molecule has 1 aromatic carbocycles. The molecule has 0 bridgehead atoms. The van der Waals surface area contributed by atoms with Gasteiger partial charge in [0, 0.05) is 10.9 Å². The minimum atomic E-state index is -0.0882. The maximum Gasteiger partial charge on any atom is 0.236 e. The van der Waals surface area contributed by atoms with Crippen molar-refractivity contribution in [3.8, 4) is 11.3 Å². The van der Waals surface area contributed by atoms with E-state index in [2.05, 4.69) is 52.5 Å². The van der Waals surface area contributed by atoms with Crippen LogP contribution in [0.25, 0.3) is 11.3 Å². The largest absolute Gasteiger partial charge is 0.301 e. The first-order chi connectivity index (χ1) is 11.5. The Kier molecular flexibility index (Phi) is 5.27. The number of nitrogens with one attached hydrogen (secondary N) is 1. The van der Waals surface area contributed by atoms with E-state index in [9.17, 15) is 4.79 Å². The molecule has 0 aliphatic heterocycles. The highest BCUT2D eigenvalue weighted by Crippen LogP contribution is 2.28. The van der Waals surface area contributed by atoms with Crippen molar-refractivity contribution in [3.63, 3.8) is 0 Å². The standard InChI is InChI=1S/C16H16N4OS3/c1-9-4-5-10(2)12(6-9)13-7-22-15(17-13)18-14(21)8-23-16-20-19-11(3)24-16/h4-7H,8H2,1-3H3,(H,17,18,21). The molecule has 2 heterocycles. The number of thioether (sulfide) groups is 1. The van der Waals surface area contributed by atoms with E-state index in [1.54, 1.807) is 0 Å². The van der Waals surface area contributed by atoms with Crippen LogP contribution in [0.2, 0.25) is 0 Å². The molecular weight excluding hydrogens is 360 g/mol. The van der Waals surface area contributed by atoms with Crippen LogP contribution in [-0.4, -0.2) is 26.8 Å². The number of carbonyl (C=O) groups is 1. The number of benzene rings is 1. The maximum absolute atomic E-state index is 12.1. The highest BCUT2D eigenvalue weighted by atomic mass is 32.2. The van der Waals surface area contributed by atoms with Crippen molar-refractivity contribution >= 4 is 45.5 Å². The summed E-state index contributed by atoms with van der Waals surface area (Å²) >= 11 is 4.31. The van der Waals surface area contributed by atoms with Gasteiger partial charge in [0.1, 0.15) is 5.01 Å². The highest BCUT2D eigenvalue weighted by Gasteiger charge is 2.11. The number of hydrogen-bond acceptors (Lipinski definition) is 7. The lowest BCUT2D eigenvalue weighted by atomic mass is 10.0. The number of carbonyl (C=O) groups excluding carboxylic acids is 1. The zero-order valence-electron chi connectivity index (χ0n) is 13.5. The van der Waals surface area contributed by atoms with Crippen LogP contribution in [0.1, 0.15) is 16.1 Å². The van der Waals surface area contributed by atoms with Crippen LogP contribution >= 0.6 is 34.4 Å². The van der Waals surface area contributed by atoms with Crippen LogP contribution in [0.4, 0.5) is 5.13 Å². The fourth-order valence-corrected chi connectivity index (χ4v) is 4.43. The fraction of sp³-hybridized carbons (Fsp3) is 0.250. The topological polar surface area (TPSA) is 67.8 Å². The molecule has 0 saturated carbocycles. The third kappa shape index (κ3) is 4.19. The van der Waals surface area contributed by atoms with Crippen LogP contribution in [0.15, 0.2) is 27.9 Å². The van der Waals surface area contributed by atoms with Crippen molar-refractivity contribution in [2.24, 2.45) is 0 Å². The molecule has 1 N–H and O–H groups in total. The zero-order valence-corrected chi connectivity index (χ0v) is 15.9. The minimum Gasteiger partial charge on any atom is -0.301 e. The Morgan fingerprint density at radius 1 is 1.25 bits per heavy atom. The normalized spacial score (nSPS) is 10.8. The van der Waals surface area contributed by atoms with E-state index < -0.39 is 0 Å². The molecule has 2 aromatic heterocycles. The van der Waals surface area contributed by atoms with Gasteiger partial charge in [0.05, 0.1) is 11.4 Å². The van der Waals surface area contributed by atoms with Gasteiger partial charge >= 0.3 is 0 Å².